The number of amides is 1. The van der Waals surface area contributed by atoms with Crippen molar-refractivity contribution < 1.29 is 4.79 Å². The van der Waals surface area contributed by atoms with Crippen molar-refractivity contribution in [1.82, 2.24) is 14.7 Å². The molecule has 132 valence electrons. The lowest BCUT2D eigenvalue weighted by Crippen LogP contribution is -2.32. The Labute approximate surface area is 149 Å². The highest BCUT2D eigenvalue weighted by Gasteiger charge is 2.33. The molecule has 5 nitrogen and oxygen atoms in total. The van der Waals surface area contributed by atoms with Crippen molar-refractivity contribution in [2.24, 2.45) is 0 Å². The number of carbonyl (C=O) groups excluding carboxylic acids is 1. The average Bonchev–Trinajstić information content (AvgIpc) is 3.07. The van der Waals surface area contributed by atoms with Crippen LogP contribution in [0.4, 0.5) is 5.82 Å². The number of anilines is 1. The molecule has 25 heavy (non-hydrogen) atoms. The first kappa shape index (κ1) is 16.2. The lowest BCUT2D eigenvalue weighted by molar-refractivity contribution is 0.0761. The van der Waals surface area contributed by atoms with E-state index in [-0.39, 0.29) is 11.9 Å². The minimum Gasteiger partial charge on any atom is -0.361 e. The SMILES string of the molecule is CCc1nn2c(c1C(=O)N1CCCCCC1)NC(c1ccccc1)C2. The molecule has 0 bridgehead atoms. The van der Waals surface area contributed by atoms with E-state index in [9.17, 15) is 4.79 Å². The molecule has 1 atom stereocenters. The summed E-state index contributed by atoms with van der Waals surface area (Å²) in [6.45, 7) is 4.59. The van der Waals surface area contributed by atoms with Gasteiger partial charge in [0.05, 0.1) is 18.3 Å². The van der Waals surface area contributed by atoms with Gasteiger partial charge in [-0.25, -0.2) is 4.68 Å². The second-order valence-electron chi connectivity index (χ2n) is 7.02. The highest BCUT2D eigenvalue weighted by atomic mass is 16.2. The number of nitrogens with one attached hydrogen (secondary N) is 1. The normalized spacial score (nSPS) is 20.0. The topological polar surface area (TPSA) is 50.2 Å². The van der Waals surface area contributed by atoms with Crippen LogP contribution < -0.4 is 5.32 Å². The smallest absolute Gasteiger partial charge is 0.259 e. The molecule has 0 saturated carbocycles. The van der Waals surface area contributed by atoms with E-state index >= 15 is 0 Å². The molecule has 1 unspecified atom stereocenters. The van der Waals surface area contributed by atoms with Crippen LogP contribution in [0.2, 0.25) is 0 Å². The Hall–Kier alpha value is -2.30. The van der Waals surface area contributed by atoms with Gasteiger partial charge in [0, 0.05) is 13.1 Å². The first-order valence-electron chi connectivity index (χ1n) is 9.48. The van der Waals surface area contributed by atoms with Crippen LogP contribution in [0.5, 0.6) is 0 Å². The summed E-state index contributed by atoms with van der Waals surface area (Å²) in [7, 11) is 0. The zero-order valence-electron chi connectivity index (χ0n) is 14.9. The fraction of sp³-hybridized carbons (Fsp3) is 0.500. The van der Waals surface area contributed by atoms with Gasteiger partial charge in [-0.1, -0.05) is 50.1 Å². The number of rotatable bonds is 3. The second kappa shape index (κ2) is 6.90. The van der Waals surface area contributed by atoms with E-state index in [0.717, 1.165) is 56.0 Å². The van der Waals surface area contributed by atoms with Crippen molar-refractivity contribution in [2.45, 2.75) is 51.6 Å². The summed E-state index contributed by atoms with van der Waals surface area (Å²) >= 11 is 0. The summed E-state index contributed by atoms with van der Waals surface area (Å²) < 4.78 is 1.99. The average molecular weight is 338 g/mol. The molecule has 1 aromatic carbocycles. The van der Waals surface area contributed by atoms with Crippen molar-refractivity contribution in [1.29, 1.82) is 0 Å². The third-order valence-corrected chi connectivity index (χ3v) is 5.34. The molecule has 5 heteroatoms. The largest absolute Gasteiger partial charge is 0.361 e. The number of aryl methyl sites for hydroxylation is 1. The van der Waals surface area contributed by atoms with Gasteiger partial charge >= 0.3 is 0 Å². The van der Waals surface area contributed by atoms with Crippen LogP contribution in [-0.2, 0) is 13.0 Å². The van der Waals surface area contributed by atoms with Gasteiger partial charge in [0.2, 0.25) is 0 Å². The van der Waals surface area contributed by atoms with Crippen molar-refractivity contribution in [2.75, 3.05) is 18.4 Å². The fourth-order valence-corrected chi connectivity index (χ4v) is 3.95. The summed E-state index contributed by atoms with van der Waals surface area (Å²) in [4.78, 5) is 15.3. The number of hydrogen-bond donors (Lipinski definition) is 1. The second-order valence-corrected chi connectivity index (χ2v) is 7.02. The maximum Gasteiger partial charge on any atom is 0.259 e. The summed E-state index contributed by atoms with van der Waals surface area (Å²) in [5, 5.41) is 8.29. The van der Waals surface area contributed by atoms with Gasteiger partial charge in [0.25, 0.3) is 5.91 Å². The monoisotopic (exact) mass is 338 g/mol. The number of benzene rings is 1. The van der Waals surface area contributed by atoms with Crippen LogP contribution in [0, 0.1) is 0 Å². The first-order valence-corrected chi connectivity index (χ1v) is 9.48. The molecule has 3 heterocycles. The van der Waals surface area contributed by atoms with Crippen molar-refractivity contribution in [3.63, 3.8) is 0 Å². The number of nitrogens with zero attached hydrogens (tertiary/aromatic N) is 3. The third kappa shape index (κ3) is 3.03. The zero-order chi connectivity index (χ0) is 17.2. The van der Waals surface area contributed by atoms with Gasteiger partial charge in [0.1, 0.15) is 11.4 Å². The molecule has 1 aromatic heterocycles. The molecule has 1 saturated heterocycles. The number of aromatic nitrogens is 2. The molecule has 2 aliphatic heterocycles. The van der Waals surface area contributed by atoms with Gasteiger partial charge in [0.15, 0.2) is 0 Å². The van der Waals surface area contributed by atoms with Crippen LogP contribution in [0.25, 0.3) is 0 Å². The maximum absolute atomic E-state index is 13.2. The molecular weight excluding hydrogens is 312 g/mol. The van der Waals surface area contributed by atoms with E-state index < -0.39 is 0 Å². The van der Waals surface area contributed by atoms with E-state index in [1.54, 1.807) is 0 Å². The fourth-order valence-electron chi connectivity index (χ4n) is 3.95. The molecule has 0 radical (unpaired) electrons. The van der Waals surface area contributed by atoms with Gasteiger partial charge < -0.3 is 10.2 Å². The Kier molecular flexibility index (Phi) is 4.47. The number of hydrogen-bond acceptors (Lipinski definition) is 3. The number of likely N-dealkylation sites (tertiary alicyclic amines) is 1. The maximum atomic E-state index is 13.2. The van der Waals surface area contributed by atoms with Gasteiger partial charge in [-0.15, -0.1) is 0 Å². The zero-order valence-corrected chi connectivity index (χ0v) is 14.9. The Balaban J connectivity index is 1.62. The Morgan fingerprint density at radius 2 is 1.88 bits per heavy atom. The predicted octanol–water partition coefficient (Wildman–Crippen LogP) is 3.63. The van der Waals surface area contributed by atoms with E-state index in [0.29, 0.717) is 0 Å². The minimum atomic E-state index is 0.154. The predicted molar refractivity (Wildman–Crippen MR) is 98.8 cm³/mol. The van der Waals surface area contributed by atoms with Crippen LogP contribution in [0.3, 0.4) is 0 Å². The van der Waals surface area contributed by atoms with Crippen LogP contribution in [0.15, 0.2) is 30.3 Å². The Morgan fingerprint density at radius 1 is 1.16 bits per heavy atom. The van der Waals surface area contributed by atoms with Gasteiger partial charge in [-0.05, 0) is 24.8 Å². The van der Waals surface area contributed by atoms with Crippen LogP contribution in [-0.4, -0.2) is 33.7 Å². The first-order chi connectivity index (χ1) is 12.3. The van der Waals surface area contributed by atoms with Gasteiger partial charge in [-0.2, -0.15) is 5.10 Å². The molecule has 1 amide bonds. The summed E-state index contributed by atoms with van der Waals surface area (Å²) in [5.74, 6) is 1.06. The highest BCUT2D eigenvalue weighted by Crippen LogP contribution is 2.34. The molecule has 1 N–H and O–H groups in total. The highest BCUT2D eigenvalue weighted by molar-refractivity contribution is 6.00. The Morgan fingerprint density at radius 3 is 2.56 bits per heavy atom. The molecule has 4 rings (SSSR count). The standard InChI is InChI=1S/C20H26N4O/c1-2-16-18(20(25)23-12-8-3-4-9-13-23)19-21-17(14-24(19)22-16)15-10-6-5-7-11-15/h5-7,10-11,17,21H,2-4,8-9,12-14H2,1H3. The van der Waals surface area contributed by atoms with Crippen molar-refractivity contribution in [3.8, 4) is 0 Å². The summed E-state index contributed by atoms with van der Waals surface area (Å²) in [6, 6.07) is 10.6. The quantitative estimate of drug-likeness (QED) is 0.930. The number of carbonyl (C=O) groups is 1. The minimum absolute atomic E-state index is 0.154. The van der Waals surface area contributed by atoms with Crippen LogP contribution >= 0.6 is 0 Å². The third-order valence-electron chi connectivity index (χ3n) is 5.34. The molecule has 0 aliphatic carbocycles. The van der Waals surface area contributed by atoms with Crippen molar-refractivity contribution in [3.05, 3.63) is 47.2 Å². The lowest BCUT2D eigenvalue weighted by atomic mass is 10.1. The summed E-state index contributed by atoms with van der Waals surface area (Å²) in [5.41, 5.74) is 2.95. The van der Waals surface area contributed by atoms with Crippen LogP contribution in [0.1, 0.15) is 60.3 Å². The van der Waals surface area contributed by atoms with Gasteiger partial charge in [-0.3, -0.25) is 4.79 Å². The molecule has 1 fully saturated rings. The van der Waals surface area contributed by atoms with E-state index in [1.165, 1.54) is 18.4 Å². The molecule has 0 spiro atoms. The van der Waals surface area contributed by atoms with E-state index in [2.05, 4.69) is 36.5 Å². The number of fused-ring (bicyclic) bond motifs is 1. The van der Waals surface area contributed by atoms with E-state index in [4.69, 9.17) is 5.10 Å². The summed E-state index contributed by atoms with van der Waals surface area (Å²) in [6.07, 6.45) is 5.45. The van der Waals surface area contributed by atoms with Crippen molar-refractivity contribution >= 4 is 11.7 Å². The lowest BCUT2D eigenvalue weighted by Gasteiger charge is -2.21. The molecule has 2 aliphatic rings. The molecular formula is C20H26N4O. The molecule has 2 aromatic rings. The van der Waals surface area contributed by atoms with E-state index in [1.807, 2.05) is 15.6 Å². The Bertz CT molecular complexity index is 745.